The number of benzene rings is 2. The van der Waals surface area contributed by atoms with Crippen LogP contribution in [0, 0.1) is 0 Å². The van der Waals surface area contributed by atoms with Gasteiger partial charge in [0, 0.05) is 42.9 Å². The standard InChI is InChI=1S/C22H26ClN5O2/c23-17-6-8-18(9-7-17)27-10-12-28(13-11-27)21(29)15-24-22(30)20-14-19(25-26-20)16-4-2-1-3-5-16/h1-9,19-20,25-26H,10-15H2,(H,24,30). The number of nitrogens with one attached hydrogen (secondary N) is 3. The molecule has 4 rings (SSSR count). The first-order valence-electron chi connectivity index (χ1n) is 10.2. The van der Waals surface area contributed by atoms with Crippen molar-refractivity contribution in [2.75, 3.05) is 37.6 Å². The van der Waals surface area contributed by atoms with Crippen molar-refractivity contribution in [3.05, 3.63) is 65.2 Å². The van der Waals surface area contributed by atoms with E-state index in [0.29, 0.717) is 24.5 Å². The number of hydrogen-bond donors (Lipinski definition) is 3. The van der Waals surface area contributed by atoms with Gasteiger partial charge in [-0.25, -0.2) is 10.9 Å². The van der Waals surface area contributed by atoms with Gasteiger partial charge in [-0.05, 0) is 36.2 Å². The molecule has 2 saturated heterocycles. The highest BCUT2D eigenvalue weighted by molar-refractivity contribution is 6.30. The van der Waals surface area contributed by atoms with Crippen LogP contribution in [0.1, 0.15) is 18.0 Å². The molecule has 2 aliphatic rings. The quantitative estimate of drug-likeness (QED) is 0.677. The van der Waals surface area contributed by atoms with Crippen molar-refractivity contribution in [3.63, 3.8) is 0 Å². The highest BCUT2D eigenvalue weighted by Crippen LogP contribution is 2.22. The van der Waals surface area contributed by atoms with E-state index in [2.05, 4.69) is 21.1 Å². The van der Waals surface area contributed by atoms with Gasteiger partial charge >= 0.3 is 0 Å². The smallest absolute Gasteiger partial charge is 0.242 e. The zero-order chi connectivity index (χ0) is 20.9. The fourth-order valence-electron chi connectivity index (χ4n) is 3.90. The van der Waals surface area contributed by atoms with Crippen LogP contribution in [0.15, 0.2) is 54.6 Å². The molecule has 0 aliphatic carbocycles. The number of hydrogen-bond acceptors (Lipinski definition) is 5. The topological polar surface area (TPSA) is 76.7 Å². The molecule has 2 aromatic carbocycles. The number of carbonyl (C=O) groups excluding carboxylic acids is 2. The Balaban J connectivity index is 1.20. The largest absolute Gasteiger partial charge is 0.368 e. The van der Waals surface area contributed by atoms with E-state index in [1.54, 1.807) is 4.90 Å². The van der Waals surface area contributed by atoms with Gasteiger partial charge in [0.1, 0.15) is 6.04 Å². The second kappa shape index (κ2) is 9.47. The van der Waals surface area contributed by atoms with Gasteiger partial charge in [-0.1, -0.05) is 41.9 Å². The summed E-state index contributed by atoms with van der Waals surface area (Å²) in [5.41, 5.74) is 8.43. The normalized spacial score (nSPS) is 21.5. The zero-order valence-electron chi connectivity index (χ0n) is 16.7. The third-order valence-corrected chi connectivity index (χ3v) is 5.91. The second-order valence-corrected chi connectivity index (χ2v) is 8.04. The van der Waals surface area contributed by atoms with Crippen molar-refractivity contribution in [3.8, 4) is 0 Å². The molecule has 0 bridgehead atoms. The number of anilines is 1. The van der Waals surface area contributed by atoms with Crippen molar-refractivity contribution < 1.29 is 9.59 Å². The Morgan fingerprint density at radius 3 is 2.37 bits per heavy atom. The summed E-state index contributed by atoms with van der Waals surface area (Å²) in [6, 6.07) is 17.5. The molecule has 8 heteroatoms. The molecular weight excluding hydrogens is 402 g/mol. The monoisotopic (exact) mass is 427 g/mol. The van der Waals surface area contributed by atoms with Crippen LogP contribution in [0.25, 0.3) is 0 Å². The van der Waals surface area contributed by atoms with Crippen LogP contribution >= 0.6 is 11.6 Å². The minimum atomic E-state index is -0.357. The van der Waals surface area contributed by atoms with E-state index in [-0.39, 0.29) is 30.4 Å². The van der Waals surface area contributed by atoms with E-state index in [4.69, 9.17) is 11.6 Å². The maximum absolute atomic E-state index is 12.5. The number of nitrogens with zero attached hydrogens (tertiary/aromatic N) is 2. The van der Waals surface area contributed by atoms with Crippen molar-refractivity contribution in [1.82, 2.24) is 21.1 Å². The van der Waals surface area contributed by atoms with Gasteiger partial charge in [-0.2, -0.15) is 0 Å². The average Bonchev–Trinajstić information content (AvgIpc) is 3.29. The molecule has 0 radical (unpaired) electrons. The van der Waals surface area contributed by atoms with Crippen molar-refractivity contribution >= 4 is 29.1 Å². The predicted octanol–water partition coefficient (Wildman–Crippen LogP) is 1.71. The lowest BCUT2D eigenvalue weighted by Gasteiger charge is -2.36. The first kappa shape index (κ1) is 20.7. The van der Waals surface area contributed by atoms with Crippen LogP contribution in [0.2, 0.25) is 5.02 Å². The van der Waals surface area contributed by atoms with Crippen LogP contribution < -0.4 is 21.1 Å². The highest BCUT2D eigenvalue weighted by atomic mass is 35.5. The molecule has 0 spiro atoms. The van der Waals surface area contributed by atoms with Crippen LogP contribution in [0.5, 0.6) is 0 Å². The van der Waals surface area contributed by atoms with Crippen molar-refractivity contribution in [1.29, 1.82) is 0 Å². The molecule has 2 fully saturated rings. The van der Waals surface area contributed by atoms with E-state index in [0.717, 1.165) is 24.3 Å². The Kier molecular flexibility index (Phi) is 6.52. The molecule has 2 heterocycles. The Labute approximate surface area is 181 Å². The molecule has 0 saturated carbocycles. The molecule has 2 atom stereocenters. The Hall–Kier alpha value is -2.61. The summed E-state index contributed by atoms with van der Waals surface area (Å²) in [6.07, 6.45) is 0.643. The molecule has 158 valence electrons. The third-order valence-electron chi connectivity index (χ3n) is 5.66. The number of piperazine rings is 1. The average molecular weight is 428 g/mol. The second-order valence-electron chi connectivity index (χ2n) is 7.60. The lowest BCUT2D eigenvalue weighted by molar-refractivity contribution is -0.133. The van der Waals surface area contributed by atoms with E-state index in [9.17, 15) is 9.59 Å². The van der Waals surface area contributed by atoms with Gasteiger partial charge in [0.05, 0.1) is 6.54 Å². The van der Waals surface area contributed by atoms with E-state index < -0.39 is 0 Å². The lowest BCUT2D eigenvalue weighted by atomic mass is 10.0. The van der Waals surface area contributed by atoms with Gasteiger partial charge < -0.3 is 15.1 Å². The van der Waals surface area contributed by atoms with Crippen LogP contribution in [-0.4, -0.2) is 55.5 Å². The van der Waals surface area contributed by atoms with Gasteiger partial charge in [0.25, 0.3) is 0 Å². The summed E-state index contributed by atoms with van der Waals surface area (Å²) in [5.74, 6) is -0.209. The molecule has 2 aliphatic heterocycles. The fraction of sp³-hybridized carbons (Fsp3) is 0.364. The molecule has 3 N–H and O–H groups in total. The van der Waals surface area contributed by atoms with Crippen LogP contribution in [-0.2, 0) is 9.59 Å². The summed E-state index contributed by atoms with van der Waals surface area (Å²) < 4.78 is 0. The maximum Gasteiger partial charge on any atom is 0.242 e. The number of halogens is 1. The summed E-state index contributed by atoms with van der Waals surface area (Å²) in [4.78, 5) is 29.0. The molecule has 7 nitrogen and oxygen atoms in total. The highest BCUT2D eigenvalue weighted by Gasteiger charge is 2.30. The number of rotatable bonds is 5. The number of amides is 2. The number of hydrazine groups is 1. The third kappa shape index (κ3) is 4.92. The minimum absolute atomic E-state index is 0.0218. The summed E-state index contributed by atoms with van der Waals surface area (Å²) in [7, 11) is 0. The summed E-state index contributed by atoms with van der Waals surface area (Å²) >= 11 is 5.95. The van der Waals surface area contributed by atoms with Crippen molar-refractivity contribution in [2.24, 2.45) is 0 Å². The van der Waals surface area contributed by atoms with Crippen molar-refractivity contribution in [2.45, 2.75) is 18.5 Å². The molecule has 2 aromatic rings. The Morgan fingerprint density at radius 2 is 1.67 bits per heavy atom. The van der Waals surface area contributed by atoms with Gasteiger partial charge in [0.2, 0.25) is 11.8 Å². The first-order chi connectivity index (χ1) is 14.6. The Bertz CT molecular complexity index is 869. The Morgan fingerprint density at radius 1 is 0.967 bits per heavy atom. The van der Waals surface area contributed by atoms with Crippen LogP contribution in [0.4, 0.5) is 5.69 Å². The molecular formula is C22H26ClN5O2. The fourth-order valence-corrected chi connectivity index (χ4v) is 4.02. The first-order valence-corrected chi connectivity index (χ1v) is 10.6. The summed E-state index contributed by atoms with van der Waals surface area (Å²) in [6.45, 7) is 2.81. The van der Waals surface area contributed by atoms with E-state index in [1.165, 1.54) is 0 Å². The summed E-state index contributed by atoms with van der Waals surface area (Å²) in [5, 5.41) is 3.50. The maximum atomic E-state index is 12.5. The zero-order valence-corrected chi connectivity index (χ0v) is 17.4. The minimum Gasteiger partial charge on any atom is -0.368 e. The van der Waals surface area contributed by atoms with Gasteiger partial charge in [-0.3, -0.25) is 9.59 Å². The predicted molar refractivity (Wildman–Crippen MR) is 117 cm³/mol. The lowest BCUT2D eigenvalue weighted by Crippen LogP contribution is -2.52. The van der Waals surface area contributed by atoms with Crippen LogP contribution in [0.3, 0.4) is 0 Å². The SMILES string of the molecule is O=C(NCC(=O)N1CCN(c2ccc(Cl)cc2)CC1)C1CC(c2ccccc2)NN1. The van der Waals surface area contributed by atoms with E-state index >= 15 is 0 Å². The van der Waals surface area contributed by atoms with Gasteiger partial charge in [0.15, 0.2) is 0 Å². The van der Waals surface area contributed by atoms with E-state index in [1.807, 2.05) is 54.6 Å². The molecule has 30 heavy (non-hydrogen) atoms. The molecule has 0 aromatic heterocycles. The molecule has 2 unspecified atom stereocenters. The molecule has 2 amide bonds. The van der Waals surface area contributed by atoms with Gasteiger partial charge in [-0.15, -0.1) is 0 Å². The number of carbonyl (C=O) groups is 2.